The van der Waals surface area contributed by atoms with Crippen LogP contribution in [0.5, 0.6) is 0 Å². The highest BCUT2D eigenvalue weighted by atomic mass is 16.3. The lowest BCUT2D eigenvalue weighted by molar-refractivity contribution is -0.127. The Balaban J connectivity index is 1.93. The van der Waals surface area contributed by atoms with Gasteiger partial charge in [-0.15, -0.1) is 0 Å². The summed E-state index contributed by atoms with van der Waals surface area (Å²) in [4.78, 5) is 13.8. The molecule has 0 saturated carbocycles. The first kappa shape index (κ1) is 14.8. The Morgan fingerprint density at radius 1 is 1.25 bits per heavy atom. The lowest BCUT2D eigenvalue weighted by Crippen LogP contribution is -2.39. The first-order valence-electron chi connectivity index (χ1n) is 7.31. The molecule has 0 unspecified atom stereocenters. The molecule has 1 saturated heterocycles. The zero-order valence-electron chi connectivity index (χ0n) is 12.2. The van der Waals surface area contributed by atoms with Gasteiger partial charge < -0.3 is 10.0 Å². The van der Waals surface area contributed by atoms with E-state index in [0.29, 0.717) is 31.8 Å². The van der Waals surface area contributed by atoms with Gasteiger partial charge in [0.2, 0.25) is 5.91 Å². The molecule has 0 aliphatic carbocycles. The van der Waals surface area contributed by atoms with Gasteiger partial charge in [0, 0.05) is 19.2 Å². The lowest BCUT2D eigenvalue weighted by Gasteiger charge is -2.28. The first-order valence-corrected chi connectivity index (χ1v) is 7.31. The average Bonchev–Trinajstić information content (AvgIpc) is 2.46. The van der Waals surface area contributed by atoms with Gasteiger partial charge >= 0.3 is 0 Å². The molecule has 0 spiro atoms. The molecule has 0 atom stereocenters. The monoisotopic (exact) mass is 273 g/mol. The van der Waals surface area contributed by atoms with Gasteiger partial charge in [-0.3, -0.25) is 4.79 Å². The Morgan fingerprint density at radius 2 is 1.85 bits per heavy atom. The summed E-state index contributed by atoms with van der Waals surface area (Å²) < 4.78 is 0. The molecule has 1 aromatic carbocycles. The second-order valence-electron chi connectivity index (χ2n) is 5.71. The number of piperidine rings is 1. The summed E-state index contributed by atoms with van der Waals surface area (Å²) in [5.74, 6) is 0.555. The summed E-state index contributed by atoms with van der Waals surface area (Å²) in [5, 5.41) is 9.43. The topological polar surface area (TPSA) is 40.5 Å². The molecule has 108 valence electrons. The average molecular weight is 273 g/mol. The third kappa shape index (κ3) is 3.94. The van der Waals surface area contributed by atoms with Gasteiger partial charge in [0.1, 0.15) is 0 Å². The Labute approximate surface area is 120 Å². The molecule has 1 N–H and O–H groups in total. The second kappa shape index (κ2) is 6.71. The third-order valence-corrected chi connectivity index (χ3v) is 3.80. The van der Waals surface area contributed by atoms with Gasteiger partial charge in [0.15, 0.2) is 0 Å². The highest BCUT2D eigenvalue weighted by Crippen LogP contribution is 2.16. The van der Waals surface area contributed by atoms with Crippen LogP contribution >= 0.6 is 0 Å². The fourth-order valence-corrected chi connectivity index (χ4v) is 2.35. The fourth-order valence-electron chi connectivity index (χ4n) is 2.35. The van der Waals surface area contributed by atoms with Gasteiger partial charge in [-0.1, -0.05) is 38.1 Å². The van der Waals surface area contributed by atoms with Gasteiger partial charge in [-0.05, 0) is 36.0 Å². The zero-order valence-corrected chi connectivity index (χ0v) is 12.2. The first-order chi connectivity index (χ1) is 9.56. The molecule has 0 radical (unpaired) electrons. The van der Waals surface area contributed by atoms with Crippen LogP contribution in [0.25, 0.3) is 6.08 Å². The maximum atomic E-state index is 12.0. The van der Waals surface area contributed by atoms with Crippen LogP contribution in [0, 0.1) is 0 Å². The Morgan fingerprint density at radius 3 is 2.40 bits per heavy atom. The molecule has 1 aliphatic rings. The summed E-state index contributed by atoms with van der Waals surface area (Å²) in [5.41, 5.74) is 2.35. The molecular weight excluding hydrogens is 250 g/mol. The van der Waals surface area contributed by atoms with E-state index in [0.717, 1.165) is 5.56 Å². The number of benzene rings is 1. The van der Waals surface area contributed by atoms with Crippen molar-refractivity contribution in [2.75, 3.05) is 13.1 Å². The van der Waals surface area contributed by atoms with Crippen LogP contribution in [-0.4, -0.2) is 35.1 Å². The summed E-state index contributed by atoms with van der Waals surface area (Å²) >= 11 is 0. The quantitative estimate of drug-likeness (QED) is 0.860. The molecule has 1 aliphatic heterocycles. The normalized spacial score (nSPS) is 17.1. The van der Waals surface area contributed by atoms with Crippen molar-refractivity contribution >= 4 is 12.0 Å². The van der Waals surface area contributed by atoms with Crippen LogP contribution in [-0.2, 0) is 4.79 Å². The van der Waals surface area contributed by atoms with E-state index < -0.39 is 0 Å². The van der Waals surface area contributed by atoms with Crippen molar-refractivity contribution in [1.82, 2.24) is 4.90 Å². The van der Waals surface area contributed by atoms with Crippen molar-refractivity contribution in [1.29, 1.82) is 0 Å². The van der Waals surface area contributed by atoms with Crippen LogP contribution in [0.2, 0.25) is 0 Å². The molecular formula is C17H23NO2. The number of amides is 1. The maximum Gasteiger partial charge on any atom is 0.246 e. The number of aliphatic hydroxyl groups is 1. The minimum Gasteiger partial charge on any atom is -0.393 e. The molecule has 1 heterocycles. The summed E-state index contributed by atoms with van der Waals surface area (Å²) in [6.07, 6.45) is 4.61. The Bertz CT molecular complexity index is 468. The smallest absolute Gasteiger partial charge is 0.246 e. The van der Waals surface area contributed by atoms with E-state index in [4.69, 9.17) is 0 Å². The van der Waals surface area contributed by atoms with Crippen molar-refractivity contribution in [3.05, 3.63) is 41.5 Å². The second-order valence-corrected chi connectivity index (χ2v) is 5.71. The van der Waals surface area contributed by atoms with Gasteiger partial charge in [0.05, 0.1) is 6.10 Å². The number of likely N-dealkylation sites (tertiary alicyclic amines) is 1. The summed E-state index contributed by atoms with van der Waals surface area (Å²) in [6.45, 7) is 5.63. The Kier molecular flexibility index (Phi) is 4.96. The molecule has 3 nitrogen and oxygen atoms in total. The molecule has 20 heavy (non-hydrogen) atoms. The van der Waals surface area contributed by atoms with E-state index in [9.17, 15) is 9.90 Å². The molecule has 0 aromatic heterocycles. The number of rotatable bonds is 3. The van der Waals surface area contributed by atoms with Crippen LogP contribution in [0.4, 0.5) is 0 Å². The van der Waals surface area contributed by atoms with E-state index in [1.807, 2.05) is 18.2 Å². The van der Waals surface area contributed by atoms with Crippen LogP contribution in [0.1, 0.15) is 43.7 Å². The fraction of sp³-hybridized carbons (Fsp3) is 0.471. The molecule has 3 heteroatoms. The van der Waals surface area contributed by atoms with Crippen molar-refractivity contribution in [2.45, 2.75) is 38.7 Å². The van der Waals surface area contributed by atoms with Gasteiger partial charge in [0.25, 0.3) is 0 Å². The number of hydrogen-bond acceptors (Lipinski definition) is 2. The Hall–Kier alpha value is -1.61. The van der Waals surface area contributed by atoms with Crippen molar-refractivity contribution < 1.29 is 9.90 Å². The zero-order chi connectivity index (χ0) is 14.5. The van der Waals surface area contributed by atoms with Crippen molar-refractivity contribution in [3.63, 3.8) is 0 Å². The largest absolute Gasteiger partial charge is 0.393 e. The van der Waals surface area contributed by atoms with E-state index in [1.54, 1.807) is 11.0 Å². The van der Waals surface area contributed by atoms with E-state index in [1.165, 1.54) is 5.56 Å². The van der Waals surface area contributed by atoms with E-state index in [2.05, 4.69) is 26.0 Å². The SMILES string of the molecule is CC(C)c1ccc(/C=C/C(=O)N2CCC(O)CC2)cc1. The van der Waals surface area contributed by atoms with Gasteiger partial charge in [-0.25, -0.2) is 0 Å². The van der Waals surface area contributed by atoms with Crippen LogP contribution in [0.15, 0.2) is 30.3 Å². The molecule has 0 bridgehead atoms. The highest BCUT2D eigenvalue weighted by Gasteiger charge is 2.19. The summed E-state index contributed by atoms with van der Waals surface area (Å²) in [7, 11) is 0. The maximum absolute atomic E-state index is 12.0. The standard InChI is InChI=1S/C17H23NO2/c1-13(2)15-6-3-14(4-7-15)5-8-17(20)18-11-9-16(19)10-12-18/h3-8,13,16,19H,9-12H2,1-2H3/b8-5+. The minimum absolute atomic E-state index is 0.0323. The molecule has 1 aromatic rings. The number of hydrogen-bond donors (Lipinski definition) is 1. The predicted molar refractivity (Wildman–Crippen MR) is 81.4 cm³/mol. The van der Waals surface area contributed by atoms with Crippen LogP contribution in [0.3, 0.4) is 0 Å². The molecule has 1 fully saturated rings. The van der Waals surface area contributed by atoms with Crippen molar-refractivity contribution in [3.8, 4) is 0 Å². The number of carbonyl (C=O) groups excluding carboxylic acids is 1. The van der Waals surface area contributed by atoms with E-state index in [-0.39, 0.29) is 12.0 Å². The summed E-state index contributed by atoms with van der Waals surface area (Å²) in [6, 6.07) is 8.29. The predicted octanol–water partition coefficient (Wildman–Crippen LogP) is 2.81. The minimum atomic E-state index is -0.244. The number of aliphatic hydroxyl groups excluding tert-OH is 1. The number of carbonyl (C=O) groups is 1. The number of nitrogens with zero attached hydrogens (tertiary/aromatic N) is 1. The van der Waals surface area contributed by atoms with Crippen LogP contribution < -0.4 is 0 Å². The molecule has 1 amide bonds. The molecule has 2 rings (SSSR count). The third-order valence-electron chi connectivity index (χ3n) is 3.80. The highest BCUT2D eigenvalue weighted by molar-refractivity contribution is 5.91. The lowest BCUT2D eigenvalue weighted by atomic mass is 10.0. The van der Waals surface area contributed by atoms with Crippen molar-refractivity contribution in [2.24, 2.45) is 0 Å². The van der Waals surface area contributed by atoms with Gasteiger partial charge in [-0.2, -0.15) is 0 Å². The van der Waals surface area contributed by atoms with E-state index >= 15 is 0 Å².